The SMILES string of the molecule is O=C(NC1(C(F)(F)F)NC(=O)N(C2CCCCC2)C1=O)c1cccc(C(F)(F)F)c1. The third-order valence-corrected chi connectivity index (χ3v) is 5.17. The quantitative estimate of drug-likeness (QED) is 0.561. The van der Waals surface area contributed by atoms with Crippen LogP contribution in [-0.4, -0.2) is 40.6 Å². The molecule has 1 aliphatic carbocycles. The molecule has 2 aliphatic rings. The van der Waals surface area contributed by atoms with E-state index in [1.54, 1.807) is 0 Å². The monoisotopic (exact) mass is 437 g/mol. The summed E-state index contributed by atoms with van der Waals surface area (Å²) >= 11 is 0. The van der Waals surface area contributed by atoms with Crippen LogP contribution in [0.25, 0.3) is 0 Å². The molecule has 0 spiro atoms. The molecule has 1 saturated carbocycles. The third-order valence-electron chi connectivity index (χ3n) is 5.17. The second-order valence-electron chi connectivity index (χ2n) is 7.18. The molecule has 1 heterocycles. The van der Waals surface area contributed by atoms with E-state index in [1.807, 2.05) is 0 Å². The number of carbonyl (C=O) groups is 3. The molecular weight excluding hydrogens is 420 g/mol. The number of halogens is 6. The lowest BCUT2D eigenvalue weighted by Gasteiger charge is -2.32. The van der Waals surface area contributed by atoms with Crippen molar-refractivity contribution in [3.05, 3.63) is 35.4 Å². The molecule has 0 bridgehead atoms. The van der Waals surface area contributed by atoms with Crippen LogP contribution in [0.1, 0.15) is 48.0 Å². The Bertz CT molecular complexity index is 863. The van der Waals surface area contributed by atoms with Gasteiger partial charge in [-0.05, 0) is 31.0 Å². The van der Waals surface area contributed by atoms with Crippen molar-refractivity contribution in [1.29, 1.82) is 0 Å². The zero-order chi connectivity index (χ0) is 22.3. The first-order chi connectivity index (χ1) is 13.9. The standard InChI is InChI=1S/C18H17F6N3O3/c19-17(20,21)11-6-4-5-10(9-11)13(28)25-16(18(22,23)24)14(29)27(15(30)26-16)12-7-2-1-3-8-12/h4-6,9,12H,1-3,7-8H2,(H,25,28)(H,26,30). The van der Waals surface area contributed by atoms with Crippen LogP contribution in [0.15, 0.2) is 24.3 Å². The number of nitrogens with zero attached hydrogens (tertiary/aromatic N) is 1. The molecule has 0 radical (unpaired) electrons. The molecule has 4 amide bonds. The molecule has 1 aromatic carbocycles. The van der Waals surface area contributed by atoms with Crippen molar-refractivity contribution in [3.63, 3.8) is 0 Å². The summed E-state index contributed by atoms with van der Waals surface area (Å²) in [6.45, 7) is 0. The Morgan fingerprint density at radius 2 is 1.70 bits per heavy atom. The van der Waals surface area contributed by atoms with Crippen molar-refractivity contribution in [1.82, 2.24) is 15.5 Å². The van der Waals surface area contributed by atoms with Crippen LogP contribution in [0.2, 0.25) is 0 Å². The Balaban J connectivity index is 1.93. The van der Waals surface area contributed by atoms with Crippen molar-refractivity contribution in [2.75, 3.05) is 0 Å². The third kappa shape index (κ3) is 3.82. The van der Waals surface area contributed by atoms with Gasteiger partial charge in [0.2, 0.25) is 0 Å². The molecule has 12 heteroatoms. The van der Waals surface area contributed by atoms with E-state index in [4.69, 9.17) is 0 Å². The highest BCUT2D eigenvalue weighted by Crippen LogP contribution is 2.37. The van der Waals surface area contributed by atoms with Crippen molar-refractivity contribution in [2.45, 2.75) is 56.2 Å². The minimum Gasteiger partial charge on any atom is -0.314 e. The first kappa shape index (κ1) is 21.9. The van der Waals surface area contributed by atoms with E-state index in [0.717, 1.165) is 18.6 Å². The smallest absolute Gasteiger partial charge is 0.314 e. The molecule has 0 aromatic heterocycles. The van der Waals surface area contributed by atoms with Gasteiger partial charge >= 0.3 is 18.4 Å². The zero-order valence-electron chi connectivity index (χ0n) is 15.4. The topological polar surface area (TPSA) is 78.5 Å². The largest absolute Gasteiger partial charge is 0.440 e. The fourth-order valence-corrected chi connectivity index (χ4v) is 3.64. The summed E-state index contributed by atoms with van der Waals surface area (Å²) in [7, 11) is 0. The van der Waals surface area contributed by atoms with Gasteiger partial charge in [-0.2, -0.15) is 26.3 Å². The summed E-state index contributed by atoms with van der Waals surface area (Å²) in [5.74, 6) is -3.29. The number of hydrogen-bond acceptors (Lipinski definition) is 3. The summed E-state index contributed by atoms with van der Waals surface area (Å²) in [6, 6.07) is 0.661. The second kappa shape index (κ2) is 7.47. The minimum absolute atomic E-state index is 0.328. The van der Waals surface area contributed by atoms with Crippen LogP contribution < -0.4 is 10.6 Å². The van der Waals surface area contributed by atoms with E-state index in [2.05, 4.69) is 0 Å². The highest BCUT2D eigenvalue weighted by atomic mass is 19.4. The van der Waals surface area contributed by atoms with Crippen LogP contribution in [0.4, 0.5) is 31.1 Å². The maximum Gasteiger partial charge on any atom is 0.440 e. The van der Waals surface area contributed by atoms with Gasteiger partial charge in [0.05, 0.1) is 5.56 Å². The summed E-state index contributed by atoms with van der Waals surface area (Å²) in [5, 5.41) is 2.93. The predicted octanol–water partition coefficient (Wildman–Crippen LogP) is 3.58. The molecule has 1 atom stereocenters. The summed E-state index contributed by atoms with van der Waals surface area (Å²) in [5.41, 5.74) is -5.75. The van der Waals surface area contributed by atoms with E-state index in [1.165, 1.54) is 10.6 Å². The van der Waals surface area contributed by atoms with E-state index in [-0.39, 0.29) is 0 Å². The first-order valence-electron chi connectivity index (χ1n) is 9.09. The van der Waals surface area contributed by atoms with Gasteiger partial charge in [-0.3, -0.25) is 19.8 Å². The van der Waals surface area contributed by atoms with Gasteiger partial charge in [-0.15, -0.1) is 0 Å². The Labute approximate surface area is 166 Å². The van der Waals surface area contributed by atoms with Gasteiger partial charge in [-0.1, -0.05) is 25.3 Å². The molecular formula is C18H17F6N3O3. The molecule has 164 valence electrons. The zero-order valence-corrected chi connectivity index (χ0v) is 15.4. The number of benzene rings is 1. The lowest BCUT2D eigenvalue weighted by Crippen LogP contribution is -2.69. The van der Waals surface area contributed by atoms with Crippen LogP contribution >= 0.6 is 0 Å². The lowest BCUT2D eigenvalue weighted by molar-refractivity contribution is -0.200. The van der Waals surface area contributed by atoms with Gasteiger partial charge in [0.25, 0.3) is 17.5 Å². The lowest BCUT2D eigenvalue weighted by atomic mass is 9.94. The summed E-state index contributed by atoms with van der Waals surface area (Å²) < 4.78 is 80.1. The average Bonchev–Trinajstić information content (AvgIpc) is 2.92. The van der Waals surface area contributed by atoms with Gasteiger partial charge in [0, 0.05) is 11.6 Å². The maximum atomic E-state index is 13.9. The number of urea groups is 1. The van der Waals surface area contributed by atoms with Crippen molar-refractivity contribution in [3.8, 4) is 0 Å². The van der Waals surface area contributed by atoms with Crippen molar-refractivity contribution >= 4 is 17.8 Å². The molecule has 1 unspecified atom stereocenters. The number of imide groups is 1. The Hall–Kier alpha value is -2.79. The average molecular weight is 437 g/mol. The van der Waals surface area contributed by atoms with Crippen LogP contribution in [0.3, 0.4) is 0 Å². The number of carbonyl (C=O) groups excluding carboxylic acids is 3. The number of amides is 4. The van der Waals surface area contributed by atoms with Gasteiger partial charge in [0.15, 0.2) is 0 Å². The number of alkyl halides is 6. The Morgan fingerprint density at radius 1 is 1.07 bits per heavy atom. The van der Waals surface area contributed by atoms with Gasteiger partial charge in [-0.25, -0.2) is 4.79 Å². The fraction of sp³-hybridized carbons (Fsp3) is 0.500. The number of hydrogen-bond donors (Lipinski definition) is 2. The van der Waals surface area contributed by atoms with E-state index in [0.29, 0.717) is 42.7 Å². The second-order valence-corrected chi connectivity index (χ2v) is 7.18. The normalized spacial score (nSPS) is 23.5. The van der Waals surface area contributed by atoms with Crippen molar-refractivity contribution < 1.29 is 40.7 Å². The van der Waals surface area contributed by atoms with Gasteiger partial charge in [0.1, 0.15) is 0 Å². The molecule has 30 heavy (non-hydrogen) atoms. The van der Waals surface area contributed by atoms with Gasteiger partial charge < -0.3 is 5.32 Å². The molecule has 2 fully saturated rings. The minimum atomic E-state index is -5.43. The fourth-order valence-electron chi connectivity index (χ4n) is 3.64. The van der Waals surface area contributed by atoms with E-state index in [9.17, 15) is 40.7 Å². The maximum absolute atomic E-state index is 13.9. The van der Waals surface area contributed by atoms with Crippen LogP contribution in [0, 0.1) is 0 Å². The molecule has 1 aromatic rings. The summed E-state index contributed by atoms with van der Waals surface area (Å²) in [6.07, 6.45) is -7.54. The molecule has 2 N–H and O–H groups in total. The first-order valence-corrected chi connectivity index (χ1v) is 9.09. The number of rotatable bonds is 3. The van der Waals surface area contributed by atoms with E-state index < -0.39 is 53.0 Å². The molecule has 6 nitrogen and oxygen atoms in total. The molecule has 1 aliphatic heterocycles. The van der Waals surface area contributed by atoms with E-state index >= 15 is 0 Å². The number of nitrogens with one attached hydrogen (secondary N) is 2. The van der Waals surface area contributed by atoms with Crippen LogP contribution in [0.5, 0.6) is 0 Å². The highest BCUT2D eigenvalue weighted by Gasteiger charge is 2.69. The predicted molar refractivity (Wildman–Crippen MR) is 89.9 cm³/mol. The molecule has 1 saturated heterocycles. The summed E-state index contributed by atoms with van der Waals surface area (Å²) in [4.78, 5) is 37.8. The Kier molecular flexibility index (Phi) is 5.46. The van der Waals surface area contributed by atoms with Crippen LogP contribution in [-0.2, 0) is 11.0 Å². The Morgan fingerprint density at radius 3 is 2.27 bits per heavy atom. The highest BCUT2D eigenvalue weighted by molar-refractivity contribution is 6.10. The molecule has 3 rings (SSSR count). The van der Waals surface area contributed by atoms with Crippen molar-refractivity contribution in [2.24, 2.45) is 0 Å².